The van der Waals surface area contributed by atoms with Crippen molar-refractivity contribution in [2.24, 2.45) is 17.8 Å². The lowest BCUT2D eigenvalue weighted by atomic mass is 10.1. The van der Waals surface area contributed by atoms with Gasteiger partial charge in [0.25, 0.3) is 11.8 Å². The van der Waals surface area contributed by atoms with E-state index in [2.05, 4.69) is 10.6 Å². The van der Waals surface area contributed by atoms with Crippen LogP contribution in [0, 0.1) is 17.8 Å². The summed E-state index contributed by atoms with van der Waals surface area (Å²) in [5.41, 5.74) is 0.0103. The molecule has 4 amide bonds. The van der Waals surface area contributed by atoms with E-state index in [-0.39, 0.29) is 53.5 Å². The molecule has 2 aromatic rings. The summed E-state index contributed by atoms with van der Waals surface area (Å²) in [6.07, 6.45) is 9.76. The molecule has 6 aliphatic rings. The number of halogens is 5. The Balaban J connectivity index is 0.000000187. The molecule has 0 aromatic heterocycles. The highest BCUT2D eigenvalue weighted by Crippen LogP contribution is 2.35. The lowest BCUT2D eigenvalue weighted by Gasteiger charge is -2.30. The van der Waals surface area contributed by atoms with Gasteiger partial charge in [0.1, 0.15) is 11.2 Å². The Morgan fingerprint density at radius 3 is 1.55 bits per heavy atom. The molecule has 2 aromatic carbocycles. The van der Waals surface area contributed by atoms with Gasteiger partial charge in [-0.15, -0.1) is 12.4 Å². The SMILES string of the molecule is CC(C)(C)OC(=O)N1CC[C@H](N(CC2CC2)C(=O)c2cccc(Cl)c2Cl)C1.CC(C)(C)OC(=O)N1CC[C@H](NCC2CC2)C1.Cl.O=C(c1cccc(Cl)c1Cl)N(CC1CC1)[C@H]1CCNC1. The summed E-state index contributed by atoms with van der Waals surface area (Å²) in [4.78, 5) is 57.6. The van der Waals surface area contributed by atoms with Crippen molar-refractivity contribution in [1.82, 2.24) is 30.2 Å². The first-order valence-electron chi connectivity index (χ1n) is 23.2. The van der Waals surface area contributed by atoms with Gasteiger partial charge in [-0.1, -0.05) is 58.5 Å². The molecule has 3 aliphatic carbocycles. The number of hydrogen-bond acceptors (Lipinski definition) is 8. The topological polar surface area (TPSA) is 124 Å². The van der Waals surface area contributed by atoms with E-state index in [1.807, 2.05) is 56.2 Å². The van der Waals surface area contributed by atoms with Crippen molar-refractivity contribution in [2.75, 3.05) is 58.9 Å². The van der Waals surface area contributed by atoms with Gasteiger partial charge < -0.3 is 39.7 Å². The Labute approximate surface area is 412 Å². The molecule has 3 aliphatic heterocycles. The molecule has 362 valence electrons. The smallest absolute Gasteiger partial charge is 0.410 e. The molecule has 0 bridgehead atoms. The molecular weight excluding hydrogens is 934 g/mol. The first-order chi connectivity index (χ1) is 30.3. The number of carbonyl (C=O) groups excluding carboxylic acids is 4. The number of amides is 4. The van der Waals surface area contributed by atoms with Crippen LogP contribution in [0.3, 0.4) is 0 Å². The summed E-state index contributed by atoms with van der Waals surface area (Å²) in [7, 11) is 0. The van der Waals surface area contributed by atoms with E-state index in [0.717, 1.165) is 77.3 Å². The molecule has 3 atom stereocenters. The minimum absolute atomic E-state index is 0. The summed E-state index contributed by atoms with van der Waals surface area (Å²) in [5.74, 6) is 1.98. The van der Waals surface area contributed by atoms with Crippen molar-refractivity contribution in [3.05, 3.63) is 67.6 Å². The summed E-state index contributed by atoms with van der Waals surface area (Å²) >= 11 is 24.6. The van der Waals surface area contributed by atoms with Gasteiger partial charge in [-0.05, 0) is 154 Å². The predicted octanol–water partition coefficient (Wildman–Crippen LogP) is 10.5. The van der Waals surface area contributed by atoms with Gasteiger partial charge in [0.15, 0.2) is 0 Å². The van der Waals surface area contributed by atoms with Crippen molar-refractivity contribution in [1.29, 1.82) is 0 Å². The highest BCUT2D eigenvalue weighted by atomic mass is 35.5. The quantitative estimate of drug-likeness (QED) is 0.228. The third-order valence-corrected chi connectivity index (χ3v) is 13.8. The number of nitrogens with one attached hydrogen (secondary N) is 2. The molecule has 12 nitrogen and oxygen atoms in total. The molecule has 17 heteroatoms. The number of likely N-dealkylation sites (tertiary alicyclic amines) is 2. The molecule has 3 saturated heterocycles. The highest BCUT2D eigenvalue weighted by molar-refractivity contribution is 6.44. The summed E-state index contributed by atoms with van der Waals surface area (Å²) in [6, 6.07) is 11.1. The molecule has 3 saturated carbocycles. The zero-order valence-corrected chi connectivity index (χ0v) is 42.7. The summed E-state index contributed by atoms with van der Waals surface area (Å²) < 4.78 is 10.8. The standard InChI is InChI=1S/C20H26Cl2N2O3.C15H18Cl2N2O.C13H24N2O2.ClH/c1-20(2,3)27-19(26)23-10-9-14(12-23)24(11-13-7-8-13)18(25)15-5-4-6-16(21)17(15)22;16-13-3-1-2-12(14(13)17)15(20)19(9-10-4-5-10)11-6-7-18-8-11;1-13(2,3)17-12(16)15-7-6-11(9-15)14-8-10-4-5-10;/h4-6,13-14H,7-12H2,1-3H3;1-3,10-11,18H,4-9H2;10-11,14H,4-9H2,1-3H3;1H/t14-;2*11-;/m000./s1. The van der Waals surface area contributed by atoms with Crippen molar-refractivity contribution < 1.29 is 28.7 Å². The van der Waals surface area contributed by atoms with Crippen LogP contribution in [0.2, 0.25) is 20.1 Å². The molecule has 8 rings (SSSR count). The fourth-order valence-electron chi connectivity index (χ4n) is 8.07. The second kappa shape index (κ2) is 23.5. The van der Waals surface area contributed by atoms with Crippen LogP contribution < -0.4 is 10.6 Å². The van der Waals surface area contributed by atoms with E-state index in [4.69, 9.17) is 55.9 Å². The van der Waals surface area contributed by atoms with Crippen LogP contribution in [0.5, 0.6) is 0 Å². The maximum atomic E-state index is 13.2. The van der Waals surface area contributed by atoms with Gasteiger partial charge in [0.2, 0.25) is 0 Å². The number of ether oxygens (including phenoxy) is 2. The van der Waals surface area contributed by atoms with E-state index < -0.39 is 11.2 Å². The molecule has 3 heterocycles. The van der Waals surface area contributed by atoms with Gasteiger partial charge in [0.05, 0.1) is 37.3 Å². The van der Waals surface area contributed by atoms with Crippen molar-refractivity contribution in [3.8, 4) is 0 Å². The zero-order valence-electron chi connectivity index (χ0n) is 38.8. The maximum Gasteiger partial charge on any atom is 0.410 e. The van der Waals surface area contributed by atoms with Crippen LogP contribution in [0.15, 0.2) is 36.4 Å². The maximum absolute atomic E-state index is 13.2. The molecule has 0 spiro atoms. The second-order valence-electron chi connectivity index (χ2n) is 20.3. The van der Waals surface area contributed by atoms with Gasteiger partial charge in [-0.25, -0.2) is 9.59 Å². The van der Waals surface area contributed by atoms with Crippen LogP contribution in [-0.2, 0) is 9.47 Å². The average Bonchev–Trinajstić information content (AvgIpc) is 4.21. The largest absolute Gasteiger partial charge is 0.444 e. The number of benzene rings is 2. The van der Waals surface area contributed by atoms with Gasteiger partial charge in [0, 0.05) is 57.9 Å². The molecule has 0 radical (unpaired) electrons. The van der Waals surface area contributed by atoms with Crippen LogP contribution in [0.25, 0.3) is 0 Å². The first kappa shape index (κ1) is 53.2. The molecular formula is C48H69Cl5N6O6. The molecule has 6 fully saturated rings. The third-order valence-electron chi connectivity index (χ3n) is 12.2. The first-order valence-corrected chi connectivity index (χ1v) is 24.7. The van der Waals surface area contributed by atoms with Gasteiger partial charge in [-0.2, -0.15) is 0 Å². The number of carbonyl (C=O) groups is 4. The number of rotatable bonds is 11. The fourth-order valence-corrected chi connectivity index (χ4v) is 8.83. The van der Waals surface area contributed by atoms with E-state index >= 15 is 0 Å². The van der Waals surface area contributed by atoms with Crippen molar-refractivity contribution >= 4 is 82.8 Å². The number of hydrogen-bond donors (Lipinski definition) is 2. The lowest BCUT2D eigenvalue weighted by molar-refractivity contribution is 0.0270. The van der Waals surface area contributed by atoms with Crippen molar-refractivity contribution in [2.45, 2.75) is 129 Å². The van der Waals surface area contributed by atoms with Crippen LogP contribution in [0.4, 0.5) is 9.59 Å². The third kappa shape index (κ3) is 16.5. The minimum Gasteiger partial charge on any atom is -0.444 e. The Morgan fingerprint density at radius 1 is 0.646 bits per heavy atom. The normalized spacial score (nSPS) is 21.6. The predicted molar refractivity (Wildman–Crippen MR) is 262 cm³/mol. The van der Waals surface area contributed by atoms with Gasteiger partial charge >= 0.3 is 12.2 Å². The van der Waals surface area contributed by atoms with Crippen molar-refractivity contribution in [3.63, 3.8) is 0 Å². The Hall–Kier alpha value is -2.71. The van der Waals surface area contributed by atoms with E-state index in [1.54, 1.807) is 41.3 Å². The lowest BCUT2D eigenvalue weighted by Crippen LogP contribution is -2.44. The fraction of sp³-hybridized carbons (Fsp3) is 0.667. The molecule has 65 heavy (non-hydrogen) atoms. The van der Waals surface area contributed by atoms with Crippen LogP contribution in [-0.4, -0.2) is 132 Å². The zero-order chi connectivity index (χ0) is 46.3. The molecule has 2 N–H and O–H groups in total. The Bertz CT molecular complexity index is 1950. The van der Waals surface area contributed by atoms with Gasteiger partial charge in [-0.3, -0.25) is 9.59 Å². The Kier molecular flexibility index (Phi) is 19.3. The Morgan fingerprint density at radius 2 is 1.11 bits per heavy atom. The van der Waals surface area contributed by atoms with Crippen LogP contribution in [0.1, 0.15) is 120 Å². The van der Waals surface area contributed by atoms with E-state index in [9.17, 15) is 19.2 Å². The summed E-state index contributed by atoms with van der Waals surface area (Å²) in [5, 5.41) is 8.33. The second-order valence-corrected chi connectivity index (χ2v) is 21.9. The molecule has 0 unspecified atom stereocenters. The average molecular weight is 1000 g/mol. The number of nitrogens with zero attached hydrogens (tertiary/aromatic N) is 4. The van der Waals surface area contributed by atoms with Crippen LogP contribution >= 0.6 is 58.8 Å². The highest BCUT2D eigenvalue weighted by Gasteiger charge is 2.39. The monoisotopic (exact) mass is 1000 g/mol. The minimum atomic E-state index is -0.535. The van der Waals surface area contributed by atoms with E-state index in [0.29, 0.717) is 63.7 Å². The van der Waals surface area contributed by atoms with E-state index in [1.165, 1.54) is 25.7 Å². The summed E-state index contributed by atoms with van der Waals surface area (Å²) in [6.45, 7) is 18.4.